The number of esters is 1. The number of hydrogen-bond acceptors (Lipinski definition) is 8. The molecule has 0 aliphatic carbocycles. The Morgan fingerprint density at radius 2 is 1.89 bits per heavy atom. The summed E-state index contributed by atoms with van der Waals surface area (Å²) in [5, 5.41) is 3.43. The Labute approximate surface area is 208 Å². The van der Waals surface area contributed by atoms with Crippen molar-refractivity contribution < 1.29 is 28.6 Å². The summed E-state index contributed by atoms with van der Waals surface area (Å²) in [7, 11) is 1.32. The van der Waals surface area contributed by atoms with Crippen LogP contribution in [0.3, 0.4) is 0 Å². The van der Waals surface area contributed by atoms with Gasteiger partial charge in [0.2, 0.25) is 11.8 Å². The number of anilines is 1. The first-order valence-corrected chi connectivity index (χ1v) is 13.0. The third-order valence-corrected chi connectivity index (χ3v) is 7.82. The van der Waals surface area contributed by atoms with Crippen molar-refractivity contribution >= 4 is 35.2 Å². The first-order valence-electron chi connectivity index (χ1n) is 11.6. The number of rotatable bonds is 6. The molecule has 0 bridgehead atoms. The summed E-state index contributed by atoms with van der Waals surface area (Å²) in [5.74, 6) is -1.24. The van der Waals surface area contributed by atoms with Crippen LogP contribution in [-0.4, -0.2) is 55.7 Å². The summed E-state index contributed by atoms with van der Waals surface area (Å²) in [5.41, 5.74) is 0.964. The zero-order valence-electron chi connectivity index (χ0n) is 19.9. The summed E-state index contributed by atoms with van der Waals surface area (Å²) in [4.78, 5) is 42.5. The second-order valence-electron chi connectivity index (χ2n) is 9.03. The number of fused-ring (bicyclic) bond motifs is 2. The summed E-state index contributed by atoms with van der Waals surface area (Å²) < 4.78 is 16.5. The molecule has 9 heteroatoms. The van der Waals surface area contributed by atoms with Crippen LogP contribution in [0.1, 0.15) is 23.6 Å². The Balaban J connectivity index is 1.63. The number of carbonyl (C=O) groups is 3. The molecule has 5 rings (SSSR count). The maximum Gasteiger partial charge on any atom is 0.326 e. The maximum atomic E-state index is 14.0. The van der Waals surface area contributed by atoms with Crippen LogP contribution in [-0.2, 0) is 19.1 Å². The van der Waals surface area contributed by atoms with Crippen molar-refractivity contribution in [3.8, 4) is 11.5 Å². The highest BCUT2D eigenvalue weighted by Crippen LogP contribution is 2.52. The van der Waals surface area contributed by atoms with Crippen molar-refractivity contribution in [2.24, 2.45) is 11.8 Å². The van der Waals surface area contributed by atoms with E-state index in [1.54, 1.807) is 30.0 Å². The molecule has 0 spiro atoms. The summed E-state index contributed by atoms with van der Waals surface area (Å²) >= 11 is 1.58. The first-order chi connectivity index (χ1) is 16.9. The van der Waals surface area contributed by atoms with Crippen molar-refractivity contribution in [3.05, 3.63) is 53.6 Å². The topological polar surface area (TPSA) is 94.2 Å². The van der Waals surface area contributed by atoms with Crippen molar-refractivity contribution in [1.82, 2.24) is 5.32 Å². The average Bonchev–Trinajstić information content (AvgIpc) is 3.36. The Kier molecular flexibility index (Phi) is 6.23. The fourth-order valence-electron chi connectivity index (χ4n) is 5.60. The van der Waals surface area contributed by atoms with Crippen molar-refractivity contribution in [1.29, 1.82) is 0 Å². The van der Waals surface area contributed by atoms with Gasteiger partial charge in [0.05, 0.1) is 24.6 Å². The molecule has 1 N–H and O–H groups in total. The number of thioether (sulfide) groups is 1. The van der Waals surface area contributed by atoms with Gasteiger partial charge in [-0.2, -0.15) is 11.8 Å². The number of nitrogens with zero attached hydrogens (tertiary/aromatic N) is 1. The zero-order valence-corrected chi connectivity index (χ0v) is 20.7. The molecule has 2 saturated heterocycles. The molecular weight excluding hydrogens is 468 g/mol. The van der Waals surface area contributed by atoms with E-state index in [0.29, 0.717) is 42.6 Å². The minimum atomic E-state index is -1.31. The summed E-state index contributed by atoms with van der Waals surface area (Å²) in [6, 6.07) is 12.3. The molecule has 0 saturated carbocycles. The lowest BCUT2D eigenvalue weighted by Gasteiger charge is -2.32. The minimum absolute atomic E-state index is 0.340. The van der Waals surface area contributed by atoms with Gasteiger partial charge in [0.15, 0.2) is 11.5 Å². The molecule has 2 fully saturated rings. The number of methoxy groups -OCH3 is 1. The van der Waals surface area contributed by atoms with Crippen LogP contribution in [0.5, 0.6) is 11.5 Å². The lowest BCUT2D eigenvalue weighted by atomic mass is 9.77. The minimum Gasteiger partial charge on any atom is -0.486 e. The van der Waals surface area contributed by atoms with Gasteiger partial charge in [-0.3, -0.25) is 19.7 Å². The third-order valence-electron chi connectivity index (χ3n) is 7.21. The first kappa shape index (κ1) is 23.7. The van der Waals surface area contributed by atoms with E-state index < -0.39 is 35.3 Å². The number of imide groups is 1. The number of hydrogen-bond donors (Lipinski definition) is 1. The quantitative estimate of drug-likeness (QED) is 0.482. The largest absolute Gasteiger partial charge is 0.486 e. The Bertz CT molecular complexity index is 1190. The lowest BCUT2D eigenvalue weighted by Crippen LogP contribution is -2.56. The second kappa shape index (κ2) is 9.20. The third kappa shape index (κ3) is 3.68. The monoisotopic (exact) mass is 496 g/mol. The van der Waals surface area contributed by atoms with Gasteiger partial charge >= 0.3 is 5.97 Å². The van der Waals surface area contributed by atoms with Gasteiger partial charge in [-0.15, -0.1) is 0 Å². The molecule has 184 valence electrons. The normalized spacial score (nSPS) is 27.2. The fraction of sp³-hybridized carbons (Fsp3) is 0.423. The van der Waals surface area contributed by atoms with Gasteiger partial charge in [0, 0.05) is 12.1 Å². The Morgan fingerprint density at radius 1 is 1.14 bits per heavy atom. The maximum absolute atomic E-state index is 14.0. The highest BCUT2D eigenvalue weighted by Gasteiger charge is 2.68. The number of carbonyl (C=O) groups excluding carboxylic acids is 3. The molecule has 3 heterocycles. The number of ether oxygens (including phenoxy) is 3. The Hall–Kier alpha value is -3.04. The summed E-state index contributed by atoms with van der Waals surface area (Å²) in [6.45, 7) is 2.80. The van der Waals surface area contributed by atoms with Gasteiger partial charge in [0.1, 0.15) is 18.8 Å². The lowest BCUT2D eigenvalue weighted by molar-refractivity contribution is -0.152. The van der Waals surface area contributed by atoms with Crippen molar-refractivity contribution in [2.75, 3.05) is 37.2 Å². The molecule has 2 aromatic carbocycles. The van der Waals surface area contributed by atoms with Crippen LogP contribution >= 0.6 is 11.8 Å². The van der Waals surface area contributed by atoms with Gasteiger partial charge in [-0.1, -0.05) is 24.3 Å². The predicted octanol–water partition coefficient (Wildman–Crippen LogP) is 2.88. The van der Waals surface area contributed by atoms with Crippen LogP contribution in [0, 0.1) is 18.8 Å². The number of nitrogens with one attached hydrogen (secondary N) is 1. The molecular formula is C26H28N2O6S. The predicted molar refractivity (Wildman–Crippen MR) is 132 cm³/mol. The van der Waals surface area contributed by atoms with Gasteiger partial charge in [-0.05, 0) is 48.6 Å². The van der Waals surface area contributed by atoms with Gasteiger partial charge < -0.3 is 14.2 Å². The molecule has 35 heavy (non-hydrogen) atoms. The number of aryl methyl sites for hydroxylation is 1. The van der Waals surface area contributed by atoms with E-state index in [-0.39, 0.29) is 5.91 Å². The van der Waals surface area contributed by atoms with Crippen LogP contribution < -0.4 is 19.7 Å². The van der Waals surface area contributed by atoms with Crippen LogP contribution in [0.4, 0.5) is 5.69 Å². The second-order valence-corrected chi connectivity index (χ2v) is 10.0. The van der Waals surface area contributed by atoms with Crippen LogP contribution in [0.25, 0.3) is 0 Å². The van der Waals surface area contributed by atoms with E-state index in [4.69, 9.17) is 14.2 Å². The highest BCUT2D eigenvalue weighted by atomic mass is 32.2. The average molecular weight is 497 g/mol. The van der Waals surface area contributed by atoms with E-state index in [1.165, 1.54) is 12.0 Å². The van der Waals surface area contributed by atoms with Crippen LogP contribution in [0.2, 0.25) is 0 Å². The number of benzene rings is 2. The van der Waals surface area contributed by atoms with Crippen molar-refractivity contribution in [2.45, 2.75) is 24.9 Å². The van der Waals surface area contributed by atoms with E-state index in [1.807, 2.05) is 37.4 Å². The SMILES string of the molecule is COC(=O)[C@@]1(CCSC)N[C@H](c2ccccc2C)[C@@H]2C(=O)N(c3ccc4c(c3)OCCO4)C(=O)[C@H]21. The molecule has 0 unspecified atom stereocenters. The van der Waals surface area contributed by atoms with E-state index >= 15 is 0 Å². The molecule has 2 amide bonds. The highest BCUT2D eigenvalue weighted by molar-refractivity contribution is 7.98. The number of amides is 2. The molecule has 3 aliphatic heterocycles. The zero-order chi connectivity index (χ0) is 24.7. The molecule has 0 radical (unpaired) electrons. The molecule has 4 atom stereocenters. The fourth-order valence-corrected chi connectivity index (χ4v) is 6.12. The van der Waals surface area contributed by atoms with Crippen LogP contribution in [0.15, 0.2) is 42.5 Å². The van der Waals surface area contributed by atoms with E-state index in [9.17, 15) is 14.4 Å². The molecule has 0 aromatic heterocycles. The van der Waals surface area contributed by atoms with Gasteiger partial charge in [-0.25, -0.2) is 4.90 Å². The smallest absolute Gasteiger partial charge is 0.326 e. The molecule has 3 aliphatic rings. The Morgan fingerprint density at radius 3 is 2.60 bits per heavy atom. The van der Waals surface area contributed by atoms with Gasteiger partial charge in [0.25, 0.3) is 0 Å². The summed E-state index contributed by atoms with van der Waals surface area (Å²) in [6.07, 6.45) is 2.30. The van der Waals surface area contributed by atoms with E-state index in [0.717, 1.165) is 11.1 Å². The standard InChI is InChI=1S/C26H28N2O6S/c1-15-6-4-5-7-17(15)22-20-21(26(27-22,10-13-35-3)25(31)32-2)24(30)28(23(20)29)16-8-9-18-19(14-16)34-12-11-33-18/h4-9,14,20-22,27H,10-13H2,1-3H3/t20-,21+,22-,26+/m1/s1. The van der Waals surface area contributed by atoms with E-state index in [2.05, 4.69) is 5.32 Å². The molecule has 2 aromatic rings. The molecule has 8 nitrogen and oxygen atoms in total. The van der Waals surface area contributed by atoms with Crippen molar-refractivity contribution in [3.63, 3.8) is 0 Å².